The molecule has 0 aromatic heterocycles. The van der Waals surface area contributed by atoms with Gasteiger partial charge in [0.25, 0.3) is 0 Å². The topological polar surface area (TPSA) is 49.4 Å². The monoisotopic (exact) mass is 328 g/mol. The number of hydrogen-bond donors (Lipinski definition) is 1. The Labute approximate surface area is 144 Å². The number of rotatable bonds is 4. The molecule has 0 bridgehead atoms. The number of para-hydroxylation sites is 1. The standard InChI is InChI=1S/C20H28N2O2/c1-14(2)16-9-7-8-15(3)17(16)21-18(23)20(10-11-20)19(24)22-12-5-4-6-13-22/h7-9,14H,4-6,10-13H2,1-3H3,(H,21,23). The molecule has 1 aliphatic carbocycles. The molecule has 0 radical (unpaired) electrons. The summed E-state index contributed by atoms with van der Waals surface area (Å²) in [6.45, 7) is 7.85. The van der Waals surface area contributed by atoms with E-state index in [4.69, 9.17) is 0 Å². The minimum Gasteiger partial charge on any atom is -0.342 e. The van der Waals surface area contributed by atoms with Gasteiger partial charge >= 0.3 is 0 Å². The third-order valence-electron chi connectivity index (χ3n) is 5.40. The highest BCUT2D eigenvalue weighted by Gasteiger charge is 2.58. The minimum atomic E-state index is -0.812. The molecule has 1 aliphatic heterocycles. The zero-order chi connectivity index (χ0) is 17.3. The van der Waals surface area contributed by atoms with Crippen molar-refractivity contribution in [3.05, 3.63) is 29.3 Å². The average Bonchev–Trinajstić information content (AvgIpc) is 3.38. The second-order valence-corrected chi connectivity index (χ2v) is 7.58. The number of carbonyl (C=O) groups excluding carboxylic acids is 2. The van der Waals surface area contributed by atoms with Crippen LogP contribution in [0.4, 0.5) is 5.69 Å². The molecule has 1 heterocycles. The minimum absolute atomic E-state index is 0.0411. The van der Waals surface area contributed by atoms with Crippen LogP contribution in [-0.2, 0) is 9.59 Å². The number of nitrogens with zero attached hydrogens (tertiary/aromatic N) is 1. The summed E-state index contributed by atoms with van der Waals surface area (Å²) in [5.74, 6) is 0.252. The molecule has 1 saturated carbocycles. The number of piperidine rings is 1. The second kappa shape index (κ2) is 6.58. The molecular weight excluding hydrogens is 300 g/mol. The summed E-state index contributed by atoms with van der Waals surface area (Å²) < 4.78 is 0. The normalized spacial score (nSPS) is 19.2. The molecule has 1 aromatic carbocycles. The van der Waals surface area contributed by atoms with Crippen LogP contribution in [0.5, 0.6) is 0 Å². The number of hydrogen-bond acceptors (Lipinski definition) is 2. The summed E-state index contributed by atoms with van der Waals surface area (Å²) in [5.41, 5.74) is 2.25. The lowest BCUT2D eigenvalue weighted by molar-refractivity contribution is -0.143. The molecule has 2 amide bonds. The molecule has 0 atom stereocenters. The molecule has 130 valence electrons. The maximum Gasteiger partial charge on any atom is 0.240 e. The SMILES string of the molecule is Cc1cccc(C(C)C)c1NC(=O)C1(C(=O)N2CCCCC2)CC1. The first-order chi connectivity index (χ1) is 11.5. The molecular formula is C20H28N2O2. The van der Waals surface area contributed by atoms with Crippen molar-refractivity contribution in [2.45, 2.75) is 58.8 Å². The quantitative estimate of drug-likeness (QED) is 0.854. The Morgan fingerprint density at radius 3 is 2.38 bits per heavy atom. The zero-order valence-corrected chi connectivity index (χ0v) is 15.0. The van der Waals surface area contributed by atoms with Crippen LogP contribution in [0.25, 0.3) is 0 Å². The lowest BCUT2D eigenvalue weighted by Crippen LogP contribution is -2.45. The first kappa shape index (κ1) is 17.0. The zero-order valence-electron chi connectivity index (χ0n) is 15.0. The van der Waals surface area contributed by atoms with E-state index in [-0.39, 0.29) is 11.8 Å². The van der Waals surface area contributed by atoms with Gasteiger partial charge in [0.05, 0.1) is 0 Å². The summed E-state index contributed by atoms with van der Waals surface area (Å²) in [4.78, 5) is 27.7. The van der Waals surface area contributed by atoms with Crippen LogP contribution in [0.1, 0.15) is 63.0 Å². The van der Waals surface area contributed by atoms with Crippen molar-refractivity contribution in [1.82, 2.24) is 4.90 Å². The van der Waals surface area contributed by atoms with Crippen molar-refractivity contribution >= 4 is 17.5 Å². The Morgan fingerprint density at radius 1 is 1.12 bits per heavy atom. The van der Waals surface area contributed by atoms with E-state index in [2.05, 4.69) is 25.2 Å². The van der Waals surface area contributed by atoms with Crippen LogP contribution in [0.3, 0.4) is 0 Å². The average molecular weight is 328 g/mol. The van der Waals surface area contributed by atoms with Gasteiger partial charge in [0, 0.05) is 18.8 Å². The van der Waals surface area contributed by atoms with Crippen LogP contribution in [-0.4, -0.2) is 29.8 Å². The van der Waals surface area contributed by atoms with Crippen LogP contribution in [0.15, 0.2) is 18.2 Å². The first-order valence-electron chi connectivity index (χ1n) is 9.16. The van der Waals surface area contributed by atoms with Crippen molar-refractivity contribution in [3.8, 4) is 0 Å². The van der Waals surface area contributed by atoms with Crippen molar-refractivity contribution in [2.24, 2.45) is 5.41 Å². The van der Waals surface area contributed by atoms with E-state index in [1.807, 2.05) is 24.0 Å². The van der Waals surface area contributed by atoms with Gasteiger partial charge in [0.1, 0.15) is 5.41 Å². The molecule has 1 aromatic rings. The van der Waals surface area contributed by atoms with Gasteiger partial charge in [-0.15, -0.1) is 0 Å². The third-order valence-corrected chi connectivity index (χ3v) is 5.40. The lowest BCUT2D eigenvalue weighted by atomic mass is 9.96. The number of aryl methyl sites for hydroxylation is 1. The number of carbonyl (C=O) groups is 2. The fourth-order valence-electron chi connectivity index (χ4n) is 3.64. The van der Waals surface area contributed by atoms with E-state index < -0.39 is 5.41 Å². The fraction of sp³-hybridized carbons (Fsp3) is 0.600. The molecule has 1 N–H and O–H groups in total. The van der Waals surface area contributed by atoms with Gasteiger partial charge in [-0.05, 0) is 56.1 Å². The Balaban J connectivity index is 1.79. The Hall–Kier alpha value is -1.84. The summed E-state index contributed by atoms with van der Waals surface area (Å²) in [6.07, 6.45) is 4.65. The predicted molar refractivity (Wildman–Crippen MR) is 96.0 cm³/mol. The van der Waals surface area contributed by atoms with Gasteiger partial charge in [0.15, 0.2) is 0 Å². The van der Waals surface area contributed by atoms with Gasteiger partial charge in [-0.1, -0.05) is 32.0 Å². The lowest BCUT2D eigenvalue weighted by Gasteiger charge is -2.30. The van der Waals surface area contributed by atoms with Crippen molar-refractivity contribution in [3.63, 3.8) is 0 Å². The molecule has 4 nitrogen and oxygen atoms in total. The molecule has 2 aliphatic rings. The molecule has 1 saturated heterocycles. The van der Waals surface area contributed by atoms with Gasteiger partial charge in [0.2, 0.25) is 11.8 Å². The molecule has 0 spiro atoms. The number of anilines is 1. The molecule has 0 unspecified atom stereocenters. The maximum absolute atomic E-state index is 12.9. The van der Waals surface area contributed by atoms with Crippen LogP contribution in [0, 0.1) is 12.3 Å². The van der Waals surface area contributed by atoms with E-state index in [9.17, 15) is 9.59 Å². The van der Waals surface area contributed by atoms with Crippen molar-refractivity contribution in [2.75, 3.05) is 18.4 Å². The Kier molecular flexibility index (Phi) is 4.66. The van der Waals surface area contributed by atoms with Crippen LogP contribution < -0.4 is 5.32 Å². The number of benzene rings is 1. The third kappa shape index (κ3) is 3.06. The van der Waals surface area contributed by atoms with E-state index in [0.717, 1.165) is 42.7 Å². The Morgan fingerprint density at radius 2 is 1.79 bits per heavy atom. The highest BCUT2D eigenvalue weighted by Crippen LogP contribution is 2.49. The summed E-state index contributed by atoms with van der Waals surface area (Å²) >= 11 is 0. The smallest absolute Gasteiger partial charge is 0.240 e. The van der Waals surface area contributed by atoms with Crippen LogP contribution in [0.2, 0.25) is 0 Å². The Bertz CT molecular complexity index is 641. The molecule has 24 heavy (non-hydrogen) atoms. The van der Waals surface area contributed by atoms with Gasteiger partial charge in [-0.3, -0.25) is 9.59 Å². The predicted octanol–water partition coefficient (Wildman–Crippen LogP) is 3.85. The van der Waals surface area contributed by atoms with E-state index in [0.29, 0.717) is 18.8 Å². The van der Waals surface area contributed by atoms with E-state index in [1.165, 1.54) is 6.42 Å². The second-order valence-electron chi connectivity index (χ2n) is 7.58. The van der Waals surface area contributed by atoms with Gasteiger partial charge in [-0.2, -0.15) is 0 Å². The largest absolute Gasteiger partial charge is 0.342 e. The van der Waals surface area contributed by atoms with Gasteiger partial charge in [-0.25, -0.2) is 0 Å². The van der Waals surface area contributed by atoms with Gasteiger partial charge < -0.3 is 10.2 Å². The first-order valence-corrected chi connectivity index (χ1v) is 9.16. The summed E-state index contributed by atoms with van der Waals surface area (Å²) in [5, 5.41) is 3.10. The summed E-state index contributed by atoms with van der Waals surface area (Å²) in [7, 11) is 0. The molecule has 3 rings (SSSR count). The maximum atomic E-state index is 12.9. The van der Waals surface area contributed by atoms with E-state index >= 15 is 0 Å². The molecule has 2 fully saturated rings. The van der Waals surface area contributed by atoms with Crippen molar-refractivity contribution < 1.29 is 9.59 Å². The van der Waals surface area contributed by atoms with Crippen molar-refractivity contribution in [1.29, 1.82) is 0 Å². The fourth-order valence-corrected chi connectivity index (χ4v) is 3.64. The highest BCUT2D eigenvalue weighted by molar-refractivity contribution is 6.13. The highest BCUT2D eigenvalue weighted by atomic mass is 16.2. The van der Waals surface area contributed by atoms with E-state index in [1.54, 1.807) is 0 Å². The molecule has 4 heteroatoms. The van der Waals surface area contributed by atoms with Crippen LogP contribution >= 0.6 is 0 Å². The summed E-state index contributed by atoms with van der Waals surface area (Å²) in [6, 6.07) is 6.08. The number of likely N-dealkylation sites (tertiary alicyclic amines) is 1. The number of nitrogens with one attached hydrogen (secondary N) is 1. The number of amides is 2.